The van der Waals surface area contributed by atoms with E-state index in [2.05, 4.69) is 4.72 Å². The molecule has 8 nitrogen and oxygen atoms in total. The van der Waals surface area contributed by atoms with Crippen LogP contribution >= 0.6 is 23.2 Å². The van der Waals surface area contributed by atoms with Crippen molar-refractivity contribution in [3.05, 3.63) is 63.6 Å². The Balaban J connectivity index is 2.00. The van der Waals surface area contributed by atoms with Gasteiger partial charge in [0.15, 0.2) is 23.0 Å². The van der Waals surface area contributed by atoms with Gasteiger partial charge in [0.25, 0.3) is 10.0 Å². The summed E-state index contributed by atoms with van der Waals surface area (Å²) in [6.07, 6.45) is 3.42. The second-order valence-electron chi connectivity index (χ2n) is 7.09. The monoisotopic (exact) mass is 539 g/mol. The third-order valence-electron chi connectivity index (χ3n) is 4.90. The highest BCUT2D eigenvalue weighted by molar-refractivity contribution is 7.92. The molecule has 0 bridgehead atoms. The van der Waals surface area contributed by atoms with E-state index in [9.17, 15) is 13.5 Å². The molecule has 0 amide bonds. The number of rotatable bonds is 9. The Labute approximate surface area is 213 Å². The smallest absolute Gasteiger partial charge is 0.262 e. The maximum absolute atomic E-state index is 12.9. The van der Waals surface area contributed by atoms with Crippen molar-refractivity contribution >= 4 is 51.1 Å². The van der Waals surface area contributed by atoms with Crippen molar-refractivity contribution in [2.24, 2.45) is 0 Å². The van der Waals surface area contributed by atoms with Crippen LogP contribution in [0.4, 0.5) is 5.69 Å². The van der Waals surface area contributed by atoms with Gasteiger partial charge in [-0.25, -0.2) is 8.42 Å². The maximum atomic E-state index is 12.9. The minimum absolute atomic E-state index is 0.0307. The number of benzene rings is 3. The molecule has 35 heavy (non-hydrogen) atoms. The zero-order valence-electron chi connectivity index (χ0n) is 19.3. The van der Waals surface area contributed by atoms with Crippen LogP contribution in [0.2, 0.25) is 10.0 Å². The highest BCUT2D eigenvalue weighted by Gasteiger charge is 2.20. The quantitative estimate of drug-likeness (QED) is 0.336. The van der Waals surface area contributed by atoms with E-state index >= 15 is 0 Å². The van der Waals surface area contributed by atoms with E-state index in [0.717, 1.165) is 0 Å². The number of sulfonamides is 1. The van der Waals surface area contributed by atoms with Gasteiger partial charge < -0.3 is 24.1 Å². The molecular weight excluding hydrogens is 517 g/mol. The Hall–Kier alpha value is -3.27. The number of aromatic hydroxyl groups is 1. The summed E-state index contributed by atoms with van der Waals surface area (Å²) in [5.41, 5.74) is 1.24. The molecular formula is C24H23Cl2NO7S. The van der Waals surface area contributed by atoms with Crippen LogP contribution < -0.4 is 23.7 Å². The molecule has 3 rings (SSSR count). The summed E-state index contributed by atoms with van der Waals surface area (Å²) >= 11 is 11.9. The summed E-state index contributed by atoms with van der Waals surface area (Å²) in [5, 5.41) is 10.8. The third-order valence-corrected chi connectivity index (χ3v) is 7.00. The molecule has 2 N–H and O–H groups in total. The van der Waals surface area contributed by atoms with Gasteiger partial charge in [0, 0.05) is 0 Å². The first kappa shape index (κ1) is 26.3. The molecule has 0 radical (unpaired) electrons. The number of phenols is 1. The maximum Gasteiger partial charge on any atom is 0.262 e. The Kier molecular flexibility index (Phi) is 8.26. The Morgan fingerprint density at radius 1 is 0.771 bits per heavy atom. The lowest BCUT2D eigenvalue weighted by molar-refractivity contribution is 0.324. The number of phenolic OH excluding ortho intramolecular Hbond substituents is 1. The number of hydrogen-bond donors (Lipinski definition) is 2. The highest BCUT2D eigenvalue weighted by Crippen LogP contribution is 2.40. The molecule has 0 unspecified atom stereocenters. The van der Waals surface area contributed by atoms with Crippen LogP contribution in [0.25, 0.3) is 12.2 Å². The SMILES string of the molecule is COc1cc(/C=C\c2cc(O)c(OC)c(NS(=O)(=O)c3ccc(Cl)c(Cl)c3)c2)cc(OC)c1OC. The average molecular weight is 540 g/mol. The summed E-state index contributed by atoms with van der Waals surface area (Å²) in [4.78, 5) is -0.105. The lowest BCUT2D eigenvalue weighted by Crippen LogP contribution is -2.14. The van der Waals surface area contributed by atoms with Crippen LogP contribution in [-0.2, 0) is 10.0 Å². The van der Waals surface area contributed by atoms with Crippen molar-refractivity contribution in [3.8, 4) is 28.7 Å². The molecule has 3 aromatic rings. The molecule has 0 aliphatic rings. The molecule has 0 aromatic heterocycles. The Morgan fingerprint density at radius 2 is 1.34 bits per heavy atom. The number of nitrogens with one attached hydrogen (secondary N) is 1. The second kappa shape index (κ2) is 11.0. The van der Waals surface area contributed by atoms with Gasteiger partial charge in [0.2, 0.25) is 5.75 Å². The number of methoxy groups -OCH3 is 4. The first-order valence-corrected chi connectivity index (χ1v) is 12.2. The van der Waals surface area contributed by atoms with Gasteiger partial charge in [-0.3, -0.25) is 4.72 Å². The minimum Gasteiger partial charge on any atom is -0.504 e. The number of hydrogen-bond acceptors (Lipinski definition) is 7. The van der Waals surface area contributed by atoms with Crippen LogP contribution in [-0.4, -0.2) is 42.0 Å². The highest BCUT2D eigenvalue weighted by atomic mass is 35.5. The molecule has 0 saturated heterocycles. The Morgan fingerprint density at radius 3 is 1.86 bits per heavy atom. The topological polar surface area (TPSA) is 103 Å². The fourth-order valence-electron chi connectivity index (χ4n) is 3.26. The Bertz CT molecular complexity index is 1350. The molecule has 0 aliphatic carbocycles. The number of halogens is 2. The first-order valence-electron chi connectivity index (χ1n) is 10.0. The standard InChI is InChI=1S/C24H23Cl2NO7S/c1-31-21-11-15(12-22(32-2)24(21)34-4)6-5-14-9-19(23(33-3)20(28)10-14)27-35(29,30)16-7-8-17(25)18(26)13-16/h5-13,27-28H,1-4H3/b6-5-. The van der Waals surface area contributed by atoms with Crippen molar-refractivity contribution in [3.63, 3.8) is 0 Å². The zero-order valence-corrected chi connectivity index (χ0v) is 21.6. The van der Waals surface area contributed by atoms with E-state index in [1.54, 1.807) is 24.3 Å². The lowest BCUT2D eigenvalue weighted by Gasteiger charge is -2.15. The molecule has 0 saturated carbocycles. The normalized spacial score (nSPS) is 11.4. The van der Waals surface area contributed by atoms with Crippen LogP contribution in [0.15, 0.2) is 47.4 Å². The van der Waals surface area contributed by atoms with Gasteiger partial charge in [0.05, 0.1) is 49.1 Å². The molecule has 0 fully saturated rings. The fraction of sp³-hybridized carbons (Fsp3) is 0.167. The van der Waals surface area contributed by atoms with Gasteiger partial charge in [-0.05, 0) is 53.6 Å². The van der Waals surface area contributed by atoms with Gasteiger partial charge in [-0.2, -0.15) is 0 Å². The van der Waals surface area contributed by atoms with Gasteiger partial charge in [0.1, 0.15) is 0 Å². The molecule has 11 heteroatoms. The number of anilines is 1. The summed E-state index contributed by atoms with van der Waals surface area (Å²) in [6, 6.07) is 10.4. The molecule has 0 atom stereocenters. The van der Waals surface area contributed by atoms with Crippen molar-refractivity contribution < 1.29 is 32.5 Å². The summed E-state index contributed by atoms with van der Waals surface area (Å²) < 4.78 is 49.5. The van der Waals surface area contributed by atoms with E-state index in [1.165, 1.54) is 58.8 Å². The zero-order chi connectivity index (χ0) is 25.8. The molecule has 0 spiro atoms. The predicted molar refractivity (Wildman–Crippen MR) is 137 cm³/mol. The van der Waals surface area contributed by atoms with Gasteiger partial charge in [-0.1, -0.05) is 35.4 Å². The molecule has 0 heterocycles. The van der Waals surface area contributed by atoms with E-state index in [0.29, 0.717) is 28.4 Å². The first-order chi connectivity index (χ1) is 16.6. The molecule has 3 aromatic carbocycles. The second-order valence-corrected chi connectivity index (χ2v) is 9.59. The van der Waals surface area contributed by atoms with Crippen LogP contribution in [0.3, 0.4) is 0 Å². The summed E-state index contributed by atoms with van der Waals surface area (Å²) in [5.74, 6) is 1.09. The van der Waals surface area contributed by atoms with Crippen LogP contribution in [0.5, 0.6) is 28.7 Å². The van der Waals surface area contributed by atoms with Crippen molar-refractivity contribution in [2.75, 3.05) is 33.2 Å². The van der Waals surface area contributed by atoms with E-state index in [1.807, 2.05) is 0 Å². The van der Waals surface area contributed by atoms with Crippen LogP contribution in [0, 0.1) is 0 Å². The van der Waals surface area contributed by atoms with Crippen LogP contribution in [0.1, 0.15) is 11.1 Å². The van der Waals surface area contributed by atoms with Gasteiger partial charge in [-0.15, -0.1) is 0 Å². The van der Waals surface area contributed by atoms with Crippen molar-refractivity contribution in [1.29, 1.82) is 0 Å². The van der Waals surface area contributed by atoms with Crippen molar-refractivity contribution in [1.82, 2.24) is 0 Å². The van der Waals surface area contributed by atoms with E-state index < -0.39 is 10.0 Å². The third kappa shape index (κ3) is 5.87. The molecule has 0 aliphatic heterocycles. The van der Waals surface area contributed by atoms with Crippen molar-refractivity contribution in [2.45, 2.75) is 4.90 Å². The molecule has 186 valence electrons. The van der Waals surface area contributed by atoms with Gasteiger partial charge >= 0.3 is 0 Å². The number of ether oxygens (including phenoxy) is 4. The fourth-order valence-corrected chi connectivity index (χ4v) is 4.70. The predicted octanol–water partition coefficient (Wildman–Crippen LogP) is 5.70. The van der Waals surface area contributed by atoms with E-state index in [4.69, 9.17) is 42.1 Å². The summed E-state index contributed by atoms with van der Waals surface area (Å²) in [7, 11) is 1.79. The average Bonchev–Trinajstić information content (AvgIpc) is 2.83. The largest absolute Gasteiger partial charge is 0.504 e. The van der Waals surface area contributed by atoms with E-state index in [-0.39, 0.29) is 32.1 Å². The minimum atomic E-state index is -4.07. The lowest BCUT2D eigenvalue weighted by atomic mass is 10.1. The summed E-state index contributed by atoms with van der Waals surface area (Å²) in [6.45, 7) is 0.